The summed E-state index contributed by atoms with van der Waals surface area (Å²) in [4.78, 5) is 25.0. The molecule has 1 heterocycles. The fraction of sp³-hybridized carbons (Fsp3) is 0.846. The summed E-state index contributed by atoms with van der Waals surface area (Å²) < 4.78 is 5.51. The Bertz CT molecular complexity index is 305. The molecule has 104 valence electrons. The Morgan fingerprint density at radius 2 is 2.11 bits per heavy atom. The lowest BCUT2D eigenvalue weighted by atomic mass is 9.93. The number of ether oxygens (including phenoxy) is 1. The third kappa shape index (κ3) is 4.29. The van der Waals surface area contributed by atoms with Gasteiger partial charge in [-0.3, -0.25) is 9.59 Å². The normalized spacial score (nSPS) is 24.0. The van der Waals surface area contributed by atoms with Crippen molar-refractivity contribution in [2.45, 2.75) is 39.7 Å². The quantitative estimate of drug-likeness (QED) is 0.789. The summed E-state index contributed by atoms with van der Waals surface area (Å²) in [6, 6.07) is 0. The average Bonchev–Trinajstić information content (AvgIpc) is 2.26. The van der Waals surface area contributed by atoms with Gasteiger partial charge in [0.05, 0.1) is 18.6 Å². The summed E-state index contributed by atoms with van der Waals surface area (Å²) in [5.41, 5.74) is 5.21. The topological polar surface area (TPSA) is 72.6 Å². The van der Waals surface area contributed by atoms with Gasteiger partial charge in [0.2, 0.25) is 11.8 Å². The highest BCUT2D eigenvalue weighted by Crippen LogP contribution is 2.23. The van der Waals surface area contributed by atoms with Crippen molar-refractivity contribution in [1.82, 2.24) is 4.90 Å². The molecule has 2 amide bonds. The molecule has 1 saturated heterocycles. The van der Waals surface area contributed by atoms with Crippen LogP contribution < -0.4 is 5.73 Å². The number of rotatable bonds is 5. The molecule has 0 saturated carbocycles. The average molecular weight is 256 g/mol. The standard InChI is InChI=1S/C13H24N2O3/c1-9(2)7-15(8-12(14)16)13(17)11-5-4-6-18-10(11)3/h9-11H,4-8H2,1-3H3,(H2,14,16)/t10-,11+/m0/s1. The van der Waals surface area contributed by atoms with Crippen LogP contribution in [0.15, 0.2) is 0 Å². The zero-order chi connectivity index (χ0) is 13.7. The molecule has 0 bridgehead atoms. The summed E-state index contributed by atoms with van der Waals surface area (Å²) in [6.07, 6.45) is 1.65. The second-order valence-corrected chi connectivity index (χ2v) is 5.40. The predicted molar refractivity (Wildman–Crippen MR) is 68.8 cm³/mol. The van der Waals surface area contributed by atoms with Crippen LogP contribution in [0.3, 0.4) is 0 Å². The number of carbonyl (C=O) groups excluding carboxylic acids is 2. The van der Waals surface area contributed by atoms with Crippen molar-refractivity contribution in [1.29, 1.82) is 0 Å². The molecule has 5 heteroatoms. The number of primary amides is 1. The van der Waals surface area contributed by atoms with Crippen molar-refractivity contribution in [3.05, 3.63) is 0 Å². The Labute approximate surface area is 109 Å². The van der Waals surface area contributed by atoms with Crippen molar-refractivity contribution >= 4 is 11.8 Å². The van der Waals surface area contributed by atoms with Crippen molar-refractivity contribution in [3.63, 3.8) is 0 Å². The van der Waals surface area contributed by atoms with Crippen LogP contribution in [-0.4, -0.2) is 42.5 Å². The molecular formula is C13H24N2O3. The van der Waals surface area contributed by atoms with Gasteiger partial charge >= 0.3 is 0 Å². The van der Waals surface area contributed by atoms with Gasteiger partial charge in [0.15, 0.2) is 0 Å². The maximum atomic E-state index is 12.4. The first kappa shape index (κ1) is 15.0. The van der Waals surface area contributed by atoms with Gasteiger partial charge in [-0.2, -0.15) is 0 Å². The Morgan fingerprint density at radius 3 is 2.61 bits per heavy atom. The molecule has 2 atom stereocenters. The zero-order valence-corrected chi connectivity index (χ0v) is 11.5. The zero-order valence-electron chi connectivity index (χ0n) is 11.5. The van der Waals surface area contributed by atoms with E-state index in [1.54, 1.807) is 4.90 Å². The lowest BCUT2D eigenvalue weighted by Gasteiger charge is -2.33. The second-order valence-electron chi connectivity index (χ2n) is 5.40. The third-order valence-electron chi connectivity index (χ3n) is 3.17. The maximum absolute atomic E-state index is 12.4. The molecule has 0 aromatic rings. The number of nitrogens with zero attached hydrogens (tertiary/aromatic N) is 1. The minimum absolute atomic E-state index is 0.000231. The molecule has 1 fully saturated rings. The van der Waals surface area contributed by atoms with Gasteiger partial charge in [0, 0.05) is 13.2 Å². The van der Waals surface area contributed by atoms with Crippen LogP contribution in [0.25, 0.3) is 0 Å². The van der Waals surface area contributed by atoms with Gasteiger partial charge in [0.25, 0.3) is 0 Å². The van der Waals surface area contributed by atoms with E-state index in [4.69, 9.17) is 10.5 Å². The van der Waals surface area contributed by atoms with Gasteiger partial charge in [-0.25, -0.2) is 0 Å². The molecule has 0 aliphatic carbocycles. The molecule has 2 N–H and O–H groups in total. The summed E-state index contributed by atoms with van der Waals surface area (Å²) in [6.45, 7) is 7.22. The summed E-state index contributed by atoms with van der Waals surface area (Å²) >= 11 is 0. The number of hydrogen-bond donors (Lipinski definition) is 1. The molecule has 0 spiro atoms. The van der Waals surface area contributed by atoms with E-state index < -0.39 is 5.91 Å². The van der Waals surface area contributed by atoms with Crippen LogP contribution in [0.4, 0.5) is 0 Å². The van der Waals surface area contributed by atoms with Crippen molar-refractivity contribution < 1.29 is 14.3 Å². The van der Waals surface area contributed by atoms with Gasteiger partial charge in [0.1, 0.15) is 0 Å². The van der Waals surface area contributed by atoms with E-state index in [0.29, 0.717) is 19.1 Å². The van der Waals surface area contributed by atoms with Crippen LogP contribution in [0, 0.1) is 11.8 Å². The molecule has 5 nitrogen and oxygen atoms in total. The first-order valence-corrected chi connectivity index (χ1v) is 6.60. The highest BCUT2D eigenvalue weighted by atomic mass is 16.5. The van der Waals surface area contributed by atoms with Crippen LogP contribution in [-0.2, 0) is 14.3 Å². The molecular weight excluding hydrogens is 232 g/mol. The van der Waals surface area contributed by atoms with E-state index in [1.165, 1.54) is 0 Å². The van der Waals surface area contributed by atoms with E-state index in [9.17, 15) is 9.59 Å². The first-order valence-electron chi connectivity index (χ1n) is 6.60. The molecule has 0 aromatic carbocycles. The van der Waals surface area contributed by atoms with Crippen molar-refractivity contribution in [3.8, 4) is 0 Å². The fourth-order valence-electron chi connectivity index (χ4n) is 2.34. The lowest BCUT2D eigenvalue weighted by Crippen LogP contribution is -2.47. The van der Waals surface area contributed by atoms with Gasteiger partial charge < -0.3 is 15.4 Å². The summed E-state index contributed by atoms with van der Waals surface area (Å²) in [7, 11) is 0. The molecule has 0 aromatic heterocycles. The van der Waals surface area contributed by atoms with Crippen molar-refractivity contribution in [2.75, 3.05) is 19.7 Å². The van der Waals surface area contributed by atoms with Crippen molar-refractivity contribution in [2.24, 2.45) is 17.6 Å². The van der Waals surface area contributed by atoms with E-state index >= 15 is 0 Å². The predicted octanol–water partition coefficient (Wildman–Crippen LogP) is 0.771. The first-order chi connectivity index (χ1) is 8.41. The van der Waals surface area contributed by atoms with Gasteiger partial charge in [-0.05, 0) is 25.7 Å². The molecule has 1 aliphatic heterocycles. The van der Waals surface area contributed by atoms with E-state index in [-0.39, 0.29) is 24.5 Å². The Kier molecular flexibility index (Phi) is 5.59. The Hall–Kier alpha value is -1.10. The highest BCUT2D eigenvalue weighted by Gasteiger charge is 2.32. The fourth-order valence-corrected chi connectivity index (χ4v) is 2.34. The number of nitrogens with two attached hydrogens (primary N) is 1. The molecule has 0 unspecified atom stereocenters. The Balaban J connectivity index is 2.70. The highest BCUT2D eigenvalue weighted by molar-refractivity contribution is 5.85. The lowest BCUT2D eigenvalue weighted by molar-refractivity contribution is -0.146. The molecule has 18 heavy (non-hydrogen) atoms. The monoisotopic (exact) mass is 256 g/mol. The summed E-state index contributed by atoms with van der Waals surface area (Å²) in [5.74, 6) is -0.298. The molecule has 0 radical (unpaired) electrons. The second kappa shape index (κ2) is 6.73. The van der Waals surface area contributed by atoms with Gasteiger partial charge in [-0.15, -0.1) is 0 Å². The molecule has 1 rings (SSSR count). The van der Waals surface area contributed by atoms with E-state index in [2.05, 4.69) is 0 Å². The minimum atomic E-state index is -0.464. The van der Waals surface area contributed by atoms with Crippen LogP contribution >= 0.6 is 0 Å². The SMILES string of the molecule is CC(C)CN(CC(N)=O)C(=O)[C@@H]1CCCO[C@H]1C. The van der Waals surface area contributed by atoms with Crippen LogP contribution in [0.2, 0.25) is 0 Å². The molecule has 1 aliphatic rings. The minimum Gasteiger partial charge on any atom is -0.378 e. The van der Waals surface area contributed by atoms with Crippen LogP contribution in [0.1, 0.15) is 33.6 Å². The maximum Gasteiger partial charge on any atom is 0.237 e. The number of hydrogen-bond acceptors (Lipinski definition) is 3. The Morgan fingerprint density at radius 1 is 1.44 bits per heavy atom. The van der Waals surface area contributed by atoms with Crippen LogP contribution in [0.5, 0.6) is 0 Å². The third-order valence-corrected chi connectivity index (χ3v) is 3.17. The number of carbonyl (C=O) groups is 2. The largest absolute Gasteiger partial charge is 0.378 e. The van der Waals surface area contributed by atoms with E-state index in [0.717, 1.165) is 12.8 Å². The van der Waals surface area contributed by atoms with E-state index in [1.807, 2.05) is 20.8 Å². The smallest absolute Gasteiger partial charge is 0.237 e. The summed E-state index contributed by atoms with van der Waals surface area (Å²) in [5, 5.41) is 0. The number of amides is 2. The van der Waals surface area contributed by atoms with Gasteiger partial charge in [-0.1, -0.05) is 13.8 Å².